The van der Waals surface area contributed by atoms with Crippen LogP contribution in [0.1, 0.15) is 12.5 Å². The predicted octanol–water partition coefficient (Wildman–Crippen LogP) is 3.61. The van der Waals surface area contributed by atoms with Crippen molar-refractivity contribution in [2.45, 2.75) is 20.0 Å². The molecule has 0 aliphatic heterocycles. The molecule has 0 fully saturated rings. The molecule has 138 valence electrons. The zero-order chi connectivity index (χ0) is 19.1. The van der Waals surface area contributed by atoms with Gasteiger partial charge in [-0.15, -0.1) is 0 Å². The summed E-state index contributed by atoms with van der Waals surface area (Å²) in [6.07, 6.45) is -1.01. The number of esters is 1. The van der Waals surface area contributed by atoms with Crippen molar-refractivity contribution in [2.75, 3.05) is 19.0 Å². The average Bonchev–Trinajstić information content (AvgIpc) is 2.60. The van der Waals surface area contributed by atoms with Gasteiger partial charge in [-0.3, -0.25) is 4.79 Å². The lowest BCUT2D eigenvalue weighted by Crippen LogP contribution is -2.31. The van der Waals surface area contributed by atoms with E-state index in [2.05, 4.69) is 5.32 Å². The summed E-state index contributed by atoms with van der Waals surface area (Å²) < 4.78 is 15.6. The smallest absolute Gasteiger partial charge is 0.344 e. The van der Waals surface area contributed by atoms with Crippen LogP contribution in [0.4, 0.5) is 5.69 Å². The van der Waals surface area contributed by atoms with Gasteiger partial charge < -0.3 is 19.5 Å². The second-order valence-electron chi connectivity index (χ2n) is 5.57. The van der Waals surface area contributed by atoms with Crippen molar-refractivity contribution in [2.24, 2.45) is 0 Å². The number of anilines is 1. The molecule has 0 saturated heterocycles. The first-order valence-corrected chi connectivity index (χ1v) is 8.30. The maximum Gasteiger partial charge on any atom is 0.344 e. The maximum atomic E-state index is 12.2. The Hall–Kier alpha value is -2.73. The molecule has 7 heteroatoms. The van der Waals surface area contributed by atoms with Crippen molar-refractivity contribution in [1.29, 1.82) is 0 Å². The molecular weight excluding hydrogens is 358 g/mol. The van der Waals surface area contributed by atoms with E-state index in [1.807, 2.05) is 19.1 Å². The molecule has 0 radical (unpaired) electrons. The van der Waals surface area contributed by atoms with Gasteiger partial charge in [0.1, 0.15) is 11.5 Å². The molecule has 1 atom stereocenters. The SMILES string of the molecule is COc1ccc(Cl)cc1NC(=O)[C@@H](C)OC(=O)COc1cccc(C)c1. The molecule has 0 aliphatic rings. The molecule has 0 bridgehead atoms. The number of ether oxygens (including phenoxy) is 3. The van der Waals surface area contributed by atoms with Gasteiger partial charge in [-0.05, 0) is 49.7 Å². The van der Waals surface area contributed by atoms with Crippen LogP contribution < -0.4 is 14.8 Å². The van der Waals surface area contributed by atoms with Crippen molar-refractivity contribution in [3.63, 3.8) is 0 Å². The Labute approximate surface area is 157 Å². The number of halogens is 1. The van der Waals surface area contributed by atoms with E-state index in [-0.39, 0.29) is 6.61 Å². The van der Waals surface area contributed by atoms with Gasteiger partial charge in [0.2, 0.25) is 0 Å². The highest BCUT2D eigenvalue weighted by atomic mass is 35.5. The van der Waals surface area contributed by atoms with Crippen molar-refractivity contribution >= 4 is 29.2 Å². The summed E-state index contributed by atoms with van der Waals surface area (Å²) in [4.78, 5) is 24.1. The number of carbonyl (C=O) groups excluding carboxylic acids is 2. The van der Waals surface area contributed by atoms with E-state index in [1.54, 1.807) is 30.3 Å². The van der Waals surface area contributed by atoms with E-state index in [0.29, 0.717) is 22.2 Å². The third-order valence-electron chi connectivity index (χ3n) is 3.44. The van der Waals surface area contributed by atoms with Gasteiger partial charge in [0.05, 0.1) is 12.8 Å². The number of hydrogen-bond donors (Lipinski definition) is 1. The molecule has 2 aromatic carbocycles. The molecule has 2 rings (SSSR count). The lowest BCUT2D eigenvalue weighted by molar-refractivity contribution is -0.155. The minimum atomic E-state index is -1.01. The maximum absolute atomic E-state index is 12.2. The van der Waals surface area contributed by atoms with E-state index in [0.717, 1.165) is 5.56 Å². The molecule has 26 heavy (non-hydrogen) atoms. The van der Waals surface area contributed by atoms with Crippen LogP contribution in [-0.2, 0) is 14.3 Å². The zero-order valence-corrected chi connectivity index (χ0v) is 15.5. The van der Waals surface area contributed by atoms with Gasteiger partial charge in [0, 0.05) is 5.02 Å². The van der Waals surface area contributed by atoms with Crippen LogP contribution in [0.25, 0.3) is 0 Å². The quantitative estimate of drug-likeness (QED) is 0.746. The first-order valence-electron chi connectivity index (χ1n) is 7.92. The molecule has 2 aromatic rings. The highest BCUT2D eigenvalue weighted by Gasteiger charge is 2.19. The van der Waals surface area contributed by atoms with Crippen LogP contribution in [0.2, 0.25) is 5.02 Å². The Morgan fingerprint density at radius 2 is 1.96 bits per heavy atom. The van der Waals surface area contributed by atoms with Crippen LogP contribution in [0.5, 0.6) is 11.5 Å². The fourth-order valence-corrected chi connectivity index (χ4v) is 2.32. The Morgan fingerprint density at radius 1 is 1.19 bits per heavy atom. The van der Waals surface area contributed by atoms with Gasteiger partial charge in [0.25, 0.3) is 5.91 Å². The van der Waals surface area contributed by atoms with Crippen LogP contribution in [-0.4, -0.2) is 31.7 Å². The van der Waals surface area contributed by atoms with Gasteiger partial charge in [0.15, 0.2) is 12.7 Å². The normalized spacial score (nSPS) is 11.4. The fourth-order valence-electron chi connectivity index (χ4n) is 2.14. The number of hydrogen-bond acceptors (Lipinski definition) is 5. The van der Waals surface area contributed by atoms with Gasteiger partial charge in [-0.1, -0.05) is 23.7 Å². The van der Waals surface area contributed by atoms with Crippen LogP contribution in [0.15, 0.2) is 42.5 Å². The second-order valence-corrected chi connectivity index (χ2v) is 6.01. The van der Waals surface area contributed by atoms with Crippen molar-refractivity contribution in [1.82, 2.24) is 0 Å². The molecule has 1 amide bonds. The van der Waals surface area contributed by atoms with Crippen LogP contribution in [0.3, 0.4) is 0 Å². The summed E-state index contributed by atoms with van der Waals surface area (Å²) in [6.45, 7) is 3.10. The van der Waals surface area contributed by atoms with Crippen molar-refractivity contribution in [3.05, 3.63) is 53.1 Å². The molecular formula is C19H20ClNO5. The molecule has 6 nitrogen and oxygen atoms in total. The average molecular weight is 378 g/mol. The fraction of sp³-hybridized carbons (Fsp3) is 0.263. The Kier molecular flexibility index (Phi) is 6.86. The van der Waals surface area contributed by atoms with E-state index >= 15 is 0 Å². The number of benzene rings is 2. The van der Waals surface area contributed by atoms with Gasteiger partial charge >= 0.3 is 5.97 Å². The highest BCUT2D eigenvalue weighted by Crippen LogP contribution is 2.27. The molecule has 0 unspecified atom stereocenters. The second kappa shape index (κ2) is 9.10. The third kappa shape index (κ3) is 5.67. The Balaban J connectivity index is 1.88. The van der Waals surface area contributed by atoms with Gasteiger partial charge in [-0.25, -0.2) is 4.79 Å². The monoisotopic (exact) mass is 377 g/mol. The highest BCUT2D eigenvalue weighted by molar-refractivity contribution is 6.31. The van der Waals surface area contributed by atoms with Gasteiger partial charge in [-0.2, -0.15) is 0 Å². The minimum Gasteiger partial charge on any atom is -0.495 e. The molecule has 0 aromatic heterocycles. The summed E-state index contributed by atoms with van der Waals surface area (Å²) >= 11 is 5.92. The molecule has 0 aliphatic carbocycles. The predicted molar refractivity (Wildman–Crippen MR) is 98.9 cm³/mol. The summed E-state index contributed by atoms with van der Waals surface area (Å²) in [5.41, 5.74) is 1.41. The molecule has 1 N–H and O–H groups in total. The summed E-state index contributed by atoms with van der Waals surface area (Å²) in [5.74, 6) is -0.145. The van der Waals surface area contributed by atoms with Crippen LogP contribution >= 0.6 is 11.6 Å². The minimum absolute atomic E-state index is 0.290. The summed E-state index contributed by atoms with van der Waals surface area (Å²) in [5, 5.41) is 3.06. The lowest BCUT2D eigenvalue weighted by Gasteiger charge is -2.15. The Morgan fingerprint density at radius 3 is 2.65 bits per heavy atom. The number of rotatable bonds is 7. The number of aryl methyl sites for hydroxylation is 1. The lowest BCUT2D eigenvalue weighted by atomic mass is 10.2. The standard InChI is InChI=1S/C19H20ClNO5/c1-12-5-4-6-15(9-12)25-11-18(22)26-13(2)19(23)21-16-10-14(20)7-8-17(16)24-3/h4-10,13H,11H2,1-3H3,(H,21,23)/t13-/m1/s1. The number of amides is 1. The third-order valence-corrected chi connectivity index (χ3v) is 3.68. The number of methoxy groups -OCH3 is 1. The van der Waals surface area contributed by atoms with E-state index in [1.165, 1.54) is 14.0 Å². The largest absolute Gasteiger partial charge is 0.495 e. The van der Waals surface area contributed by atoms with E-state index < -0.39 is 18.0 Å². The summed E-state index contributed by atoms with van der Waals surface area (Å²) in [6, 6.07) is 12.1. The number of carbonyl (C=O) groups is 2. The molecule has 0 heterocycles. The van der Waals surface area contributed by atoms with Crippen molar-refractivity contribution < 1.29 is 23.8 Å². The first kappa shape index (κ1) is 19.6. The Bertz CT molecular complexity index is 793. The van der Waals surface area contributed by atoms with Crippen LogP contribution in [0, 0.1) is 6.92 Å². The molecule has 0 spiro atoms. The number of nitrogens with one attached hydrogen (secondary N) is 1. The van der Waals surface area contributed by atoms with E-state index in [9.17, 15) is 9.59 Å². The zero-order valence-electron chi connectivity index (χ0n) is 14.7. The summed E-state index contributed by atoms with van der Waals surface area (Å²) in [7, 11) is 1.48. The van der Waals surface area contributed by atoms with E-state index in [4.69, 9.17) is 25.8 Å². The first-order chi connectivity index (χ1) is 12.4. The van der Waals surface area contributed by atoms with Crippen molar-refractivity contribution in [3.8, 4) is 11.5 Å². The topological polar surface area (TPSA) is 73.9 Å². The molecule has 0 saturated carbocycles.